The number of hydrogen-bond acceptors (Lipinski definition) is 4. The zero-order valence-electron chi connectivity index (χ0n) is 12.9. The van der Waals surface area contributed by atoms with Gasteiger partial charge in [-0.2, -0.15) is 0 Å². The maximum atomic E-state index is 11.7. The van der Waals surface area contributed by atoms with Crippen molar-refractivity contribution in [1.82, 2.24) is 0 Å². The van der Waals surface area contributed by atoms with Crippen LogP contribution in [0, 0.1) is 0 Å². The molecule has 0 fully saturated rings. The second kappa shape index (κ2) is 9.18. The van der Waals surface area contributed by atoms with E-state index >= 15 is 0 Å². The lowest BCUT2D eigenvalue weighted by Crippen LogP contribution is -2.17. The molecular formula is C18H19ClO4. The highest BCUT2D eigenvalue weighted by atomic mass is 35.5. The first-order chi connectivity index (χ1) is 11.1. The molecule has 1 atom stereocenters. The normalized spacial score (nSPS) is 11.7. The van der Waals surface area contributed by atoms with Crippen LogP contribution in [-0.4, -0.2) is 25.8 Å². The number of rotatable bonds is 8. The van der Waals surface area contributed by atoms with Crippen molar-refractivity contribution in [3.05, 3.63) is 65.2 Å². The molecule has 0 radical (unpaired) electrons. The van der Waals surface area contributed by atoms with Crippen molar-refractivity contribution in [2.75, 3.05) is 19.8 Å². The fourth-order valence-corrected chi connectivity index (χ4v) is 2.05. The van der Waals surface area contributed by atoms with Crippen molar-refractivity contribution < 1.29 is 19.0 Å². The minimum Gasteiger partial charge on any atom is -0.491 e. The standard InChI is InChI=1S/C18H19ClO4/c1-14(15-7-9-16(19)10-8-15)23-18(20)13-21-11-12-22-17-5-3-2-4-6-17/h2-10,14H,11-13H2,1H3. The summed E-state index contributed by atoms with van der Waals surface area (Å²) in [6, 6.07) is 16.6. The third-order valence-electron chi connectivity index (χ3n) is 3.11. The molecule has 23 heavy (non-hydrogen) atoms. The van der Waals surface area contributed by atoms with Crippen molar-refractivity contribution in [3.63, 3.8) is 0 Å². The van der Waals surface area contributed by atoms with Crippen LogP contribution in [0.15, 0.2) is 54.6 Å². The van der Waals surface area contributed by atoms with E-state index in [0.717, 1.165) is 11.3 Å². The van der Waals surface area contributed by atoms with Gasteiger partial charge < -0.3 is 14.2 Å². The van der Waals surface area contributed by atoms with Crippen LogP contribution in [0.2, 0.25) is 5.02 Å². The summed E-state index contributed by atoms with van der Waals surface area (Å²) in [5.74, 6) is 0.363. The number of ether oxygens (including phenoxy) is 3. The van der Waals surface area contributed by atoms with E-state index < -0.39 is 5.97 Å². The third-order valence-corrected chi connectivity index (χ3v) is 3.36. The summed E-state index contributed by atoms with van der Waals surface area (Å²) in [5, 5.41) is 0.647. The average molecular weight is 335 g/mol. The van der Waals surface area contributed by atoms with Gasteiger partial charge in [0.2, 0.25) is 0 Å². The summed E-state index contributed by atoms with van der Waals surface area (Å²) in [6.45, 7) is 2.40. The largest absolute Gasteiger partial charge is 0.491 e. The maximum absolute atomic E-state index is 11.7. The number of benzene rings is 2. The van der Waals surface area contributed by atoms with Crippen LogP contribution in [0.5, 0.6) is 5.75 Å². The minimum absolute atomic E-state index is 0.101. The van der Waals surface area contributed by atoms with Crippen LogP contribution in [0.4, 0.5) is 0 Å². The summed E-state index contributed by atoms with van der Waals surface area (Å²) in [4.78, 5) is 11.7. The van der Waals surface area contributed by atoms with Crippen molar-refractivity contribution >= 4 is 17.6 Å². The van der Waals surface area contributed by atoms with Crippen molar-refractivity contribution in [3.8, 4) is 5.75 Å². The molecule has 4 nitrogen and oxygen atoms in total. The number of esters is 1. The molecule has 0 saturated heterocycles. The smallest absolute Gasteiger partial charge is 0.332 e. The third kappa shape index (κ3) is 6.30. The van der Waals surface area contributed by atoms with Gasteiger partial charge in [0.1, 0.15) is 25.1 Å². The zero-order chi connectivity index (χ0) is 16.5. The van der Waals surface area contributed by atoms with Gasteiger partial charge in [0, 0.05) is 5.02 Å². The second-order valence-electron chi connectivity index (χ2n) is 4.90. The molecule has 122 valence electrons. The molecule has 1 unspecified atom stereocenters. The minimum atomic E-state index is -0.410. The monoisotopic (exact) mass is 334 g/mol. The van der Waals surface area contributed by atoms with Gasteiger partial charge in [0.05, 0.1) is 6.61 Å². The predicted molar refractivity (Wildman–Crippen MR) is 88.7 cm³/mol. The van der Waals surface area contributed by atoms with E-state index in [0.29, 0.717) is 18.2 Å². The Labute approximate surface area is 140 Å². The first-order valence-corrected chi connectivity index (χ1v) is 7.73. The van der Waals surface area contributed by atoms with Crippen molar-refractivity contribution in [1.29, 1.82) is 0 Å². The molecule has 2 aromatic rings. The Hall–Kier alpha value is -2.04. The highest BCUT2D eigenvalue weighted by molar-refractivity contribution is 6.30. The topological polar surface area (TPSA) is 44.8 Å². The molecule has 2 rings (SSSR count). The molecule has 5 heteroatoms. The van der Waals surface area contributed by atoms with Crippen LogP contribution < -0.4 is 4.74 Å². The van der Waals surface area contributed by atoms with Gasteiger partial charge in [-0.15, -0.1) is 0 Å². The molecule has 0 spiro atoms. The van der Waals surface area contributed by atoms with Gasteiger partial charge in [-0.05, 0) is 36.8 Å². The lowest BCUT2D eigenvalue weighted by Gasteiger charge is -2.14. The summed E-state index contributed by atoms with van der Waals surface area (Å²) in [5.41, 5.74) is 0.884. The van der Waals surface area contributed by atoms with Gasteiger partial charge in [-0.25, -0.2) is 4.79 Å². The first kappa shape index (κ1) is 17.3. The van der Waals surface area contributed by atoms with E-state index in [1.54, 1.807) is 19.1 Å². The lowest BCUT2D eigenvalue weighted by atomic mass is 10.1. The second-order valence-corrected chi connectivity index (χ2v) is 5.33. The van der Waals surface area contributed by atoms with E-state index in [2.05, 4.69) is 0 Å². The lowest BCUT2D eigenvalue weighted by molar-refractivity contribution is -0.154. The highest BCUT2D eigenvalue weighted by Crippen LogP contribution is 2.19. The number of halogens is 1. The fourth-order valence-electron chi connectivity index (χ4n) is 1.92. The van der Waals surface area contributed by atoms with Crippen molar-refractivity contribution in [2.24, 2.45) is 0 Å². The summed E-state index contributed by atoms with van der Waals surface area (Å²) < 4.78 is 16.0. The average Bonchev–Trinajstić information content (AvgIpc) is 2.56. The van der Waals surface area contributed by atoms with E-state index in [1.165, 1.54) is 0 Å². The van der Waals surface area contributed by atoms with Crippen LogP contribution in [0.1, 0.15) is 18.6 Å². The number of hydrogen-bond donors (Lipinski definition) is 0. The molecule has 0 heterocycles. The van der Waals surface area contributed by atoms with Crippen LogP contribution >= 0.6 is 11.6 Å². The Kier molecular flexibility index (Phi) is 6.91. The van der Waals surface area contributed by atoms with E-state index in [1.807, 2.05) is 42.5 Å². The number of carbonyl (C=O) groups is 1. The van der Waals surface area contributed by atoms with Gasteiger partial charge >= 0.3 is 5.97 Å². The molecule has 0 aliphatic carbocycles. The number of para-hydroxylation sites is 1. The SMILES string of the molecule is CC(OC(=O)COCCOc1ccccc1)c1ccc(Cl)cc1. The molecule has 0 bridgehead atoms. The molecular weight excluding hydrogens is 316 g/mol. The Morgan fingerprint density at radius 1 is 1.04 bits per heavy atom. The van der Waals surface area contributed by atoms with Gasteiger partial charge in [0.25, 0.3) is 0 Å². The van der Waals surface area contributed by atoms with E-state index in [9.17, 15) is 4.79 Å². The summed E-state index contributed by atoms with van der Waals surface area (Å²) in [7, 11) is 0. The van der Waals surface area contributed by atoms with Gasteiger partial charge in [-0.3, -0.25) is 0 Å². The van der Waals surface area contributed by atoms with Crippen LogP contribution in [0.3, 0.4) is 0 Å². The first-order valence-electron chi connectivity index (χ1n) is 7.35. The molecule has 0 saturated carbocycles. The van der Waals surface area contributed by atoms with Gasteiger partial charge in [0.15, 0.2) is 0 Å². The molecule has 0 aliphatic rings. The molecule has 0 amide bonds. The fraction of sp³-hybridized carbons (Fsp3) is 0.278. The Morgan fingerprint density at radius 2 is 1.74 bits per heavy atom. The van der Waals surface area contributed by atoms with Crippen LogP contribution in [0.25, 0.3) is 0 Å². The Bertz CT molecular complexity index is 598. The van der Waals surface area contributed by atoms with Gasteiger partial charge in [-0.1, -0.05) is 41.9 Å². The zero-order valence-corrected chi connectivity index (χ0v) is 13.7. The molecule has 0 N–H and O–H groups in total. The number of carbonyl (C=O) groups excluding carboxylic acids is 1. The molecule has 0 aliphatic heterocycles. The highest BCUT2D eigenvalue weighted by Gasteiger charge is 2.11. The Morgan fingerprint density at radius 3 is 2.43 bits per heavy atom. The summed E-state index contributed by atoms with van der Waals surface area (Å²) in [6.07, 6.45) is -0.344. The Balaban J connectivity index is 1.62. The quantitative estimate of drug-likeness (QED) is 0.540. The molecule has 0 aromatic heterocycles. The van der Waals surface area contributed by atoms with E-state index in [4.69, 9.17) is 25.8 Å². The molecule has 2 aromatic carbocycles. The van der Waals surface area contributed by atoms with Crippen LogP contribution in [-0.2, 0) is 14.3 Å². The van der Waals surface area contributed by atoms with Crippen molar-refractivity contribution in [2.45, 2.75) is 13.0 Å². The predicted octanol–water partition coefficient (Wildman–Crippen LogP) is 4.04. The maximum Gasteiger partial charge on any atom is 0.332 e. The summed E-state index contributed by atoms with van der Waals surface area (Å²) >= 11 is 5.82. The van der Waals surface area contributed by atoms with E-state index in [-0.39, 0.29) is 12.7 Å².